The van der Waals surface area contributed by atoms with E-state index in [1.54, 1.807) is 17.1 Å². The molecule has 3 aromatic rings. The van der Waals surface area contributed by atoms with Crippen LogP contribution in [0, 0.1) is 6.92 Å². The van der Waals surface area contributed by atoms with Crippen LogP contribution in [-0.2, 0) is 7.05 Å². The lowest BCUT2D eigenvalue weighted by atomic mass is 10.1. The molecule has 1 aromatic carbocycles. The normalized spacial score (nSPS) is 10.8. The molecular formula is C15H17N6+. The molecule has 2 heterocycles. The summed E-state index contributed by atoms with van der Waals surface area (Å²) in [7, 11) is 1.85. The van der Waals surface area contributed by atoms with Gasteiger partial charge >= 0.3 is 5.82 Å². The molecule has 6 heteroatoms. The zero-order valence-electron chi connectivity index (χ0n) is 12.0. The van der Waals surface area contributed by atoms with E-state index in [9.17, 15) is 0 Å². The number of benzene rings is 1. The molecule has 2 aromatic heterocycles. The van der Waals surface area contributed by atoms with Gasteiger partial charge in [-0.1, -0.05) is 29.8 Å². The SMILES string of the molecule is Cc1ccc(-c2c[n+](N)c(N)c(-c3cnn(C)c3)n2)cc1. The molecule has 21 heavy (non-hydrogen) atoms. The van der Waals surface area contributed by atoms with Crippen molar-refractivity contribution in [1.29, 1.82) is 0 Å². The Labute approximate surface area is 122 Å². The Hall–Kier alpha value is -2.89. The van der Waals surface area contributed by atoms with E-state index in [1.165, 1.54) is 10.2 Å². The lowest BCUT2D eigenvalue weighted by molar-refractivity contribution is -0.623. The van der Waals surface area contributed by atoms with E-state index in [1.807, 2.05) is 44.4 Å². The van der Waals surface area contributed by atoms with Crippen LogP contribution in [0.1, 0.15) is 5.56 Å². The Morgan fingerprint density at radius 2 is 1.86 bits per heavy atom. The van der Waals surface area contributed by atoms with E-state index in [-0.39, 0.29) is 0 Å². The highest BCUT2D eigenvalue weighted by molar-refractivity contribution is 5.70. The van der Waals surface area contributed by atoms with Crippen molar-refractivity contribution in [2.75, 3.05) is 11.6 Å². The third-order valence-corrected chi connectivity index (χ3v) is 3.34. The summed E-state index contributed by atoms with van der Waals surface area (Å²) in [6.07, 6.45) is 5.30. The molecule has 0 aliphatic carbocycles. The summed E-state index contributed by atoms with van der Waals surface area (Å²) >= 11 is 0. The Balaban J connectivity index is 2.15. The third kappa shape index (κ3) is 2.43. The molecule has 0 fully saturated rings. The van der Waals surface area contributed by atoms with E-state index in [4.69, 9.17) is 11.6 Å². The Morgan fingerprint density at radius 1 is 1.14 bits per heavy atom. The number of hydrogen-bond donors (Lipinski definition) is 2. The molecular weight excluding hydrogens is 264 g/mol. The quantitative estimate of drug-likeness (QED) is 0.543. The van der Waals surface area contributed by atoms with Crippen molar-refractivity contribution in [1.82, 2.24) is 14.8 Å². The van der Waals surface area contributed by atoms with E-state index < -0.39 is 0 Å². The van der Waals surface area contributed by atoms with Crippen LogP contribution < -0.4 is 16.3 Å². The monoisotopic (exact) mass is 281 g/mol. The third-order valence-electron chi connectivity index (χ3n) is 3.34. The number of nitrogens with zero attached hydrogens (tertiary/aromatic N) is 4. The minimum absolute atomic E-state index is 0.402. The maximum Gasteiger partial charge on any atom is 0.322 e. The fourth-order valence-electron chi connectivity index (χ4n) is 2.15. The van der Waals surface area contributed by atoms with Crippen LogP contribution in [0.4, 0.5) is 5.82 Å². The minimum atomic E-state index is 0.402. The van der Waals surface area contributed by atoms with Crippen LogP contribution in [0.25, 0.3) is 22.5 Å². The van der Waals surface area contributed by atoms with Crippen molar-refractivity contribution in [3.63, 3.8) is 0 Å². The van der Waals surface area contributed by atoms with Gasteiger partial charge in [-0.2, -0.15) is 5.10 Å². The van der Waals surface area contributed by atoms with Crippen molar-refractivity contribution in [2.45, 2.75) is 6.92 Å². The number of aromatic nitrogens is 4. The Morgan fingerprint density at radius 3 is 2.48 bits per heavy atom. The van der Waals surface area contributed by atoms with Gasteiger partial charge in [0.25, 0.3) is 0 Å². The molecule has 0 aliphatic rings. The van der Waals surface area contributed by atoms with E-state index in [0.717, 1.165) is 16.8 Å². The van der Waals surface area contributed by atoms with Gasteiger partial charge in [0.1, 0.15) is 11.9 Å². The minimum Gasteiger partial charge on any atom is -0.283 e. The average Bonchev–Trinajstić information content (AvgIpc) is 2.89. The maximum atomic E-state index is 6.03. The largest absolute Gasteiger partial charge is 0.322 e. The molecule has 0 bridgehead atoms. The average molecular weight is 281 g/mol. The summed E-state index contributed by atoms with van der Waals surface area (Å²) < 4.78 is 3.10. The van der Waals surface area contributed by atoms with Crippen molar-refractivity contribution < 1.29 is 4.68 Å². The molecule has 0 radical (unpaired) electrons. The van der Waals surface area contributed by atoms with Crippen LogP contribution >= 0.6 is 0 Å². The number of nitrogens with two attached hydrogens (primary N) is 2. The highest BCUT2D eigenvalue weighted by Gasteiger charge is 2.17. The fourth-order valence-corrected chi connectivity index (χ4v) is 2.15. The predicted molar refractivity (Wildman–Crippen MR) is 81.4 cm³/mol. The van der Waals surface area contributed by atoms with Gasteiger partial charge in [0, 0.05) is 24.4 Å². The molecule has 0 spiro atoms. The number of nitrogen functional groups attached to an aromatic ring is 2. The molecule has 6 nitrogen and oxygen atoms in total. The molecule has 0 amide bonds. The number of rotatable bonds is 2. The van der Waals surface area contributed by atoms with E-state index in [2.05, 4.69) is 10.1 Å². The fraction of sp³-hybridized carbons (Fsp3) is 0.133. The van der Waals surface area contributed by atoms with E-state index >= 15 is 0 Å². The number of hydrogen-bond acceptors (Lipinski definition) is 4. The first-order valence-corrected chi connectivity index (χ1v) is 6.58. The second-order valence-corrected chi connectivity index (χ2v) is 5.04. The summed E-state index contributed by atoms with van der Waals surface area (Å²) in [6.45, 7) is 2.05. The molecule has 3 rings (SSSR count). The van der Waals surface area contributed by atoms with Crippen LogP contribution in [0.15, 0.2) is 42.9 Å². The van der Waals surface area contributed by atoms with Crippen molar-refractivity contribution >= 4 is 5.82 Å². The van der Waals surface area contributed by atoms with Gasteiger partial charge in [0.2, 0.25) is 0 Å². The Kier molecular flexibility index (Phi) is 3.06. The second kappa shape index (κ2) is 4.90. The zero-order chi connectivity index (χ0) is 15.0. The van der Waals surface area contributed by atoms with Crippen LogP contribution in [0.3, 0.4) is 0 Å². The molecule has 0 saturated heterocycles. The first-order chi connectivity index (χ1) is 10.0. The van der Waals surface area contributed by atoms with Crippen LogP contribution in [-0.4, -0.2) is 14.8 Å². The lowest BCUT2D eigenvalue weighted by Crippen LogP contribution is -2.47. The van der Waals surface area contributed by atoms with Gasteiger partial charge in [0.15, 0.2) is 5.69 Å². The second-order valence-electron chi connectivity index (χ2n) is 5.04. The molecule has 106 valence electrons. The maximum absolute atomic E-state index is 6.03. The van der Waals surface area contributed by atoms with Crippen molar-refractivity contribution in [3.8, 4) is 22.5 Å². The summed E-state index contributed by atoms with van der Waals surface area (Å²) in [5.41, 5.74) is 10.5. The summed E-state index contributed by atoms with van der Waals surface area (Å²) in [5.74, 6) is 6.36. The first-order valence-electron chi connectivity index (χ1n) is 6.58. The van der Waals surface area contributed by atoms with Crippen molar-refractivity contribution in [3.05, 3.63) is 48.4 Å². The smallest absolute Gasteiger partial charge is 0.283 e. The highest BCUT2D eigenvalue weighted by atomic mass is 15.3. The van der Waals surface area contributed by atoms with Gasteiger partial charge in [0.05, 0.1) is 6.20 Å². The Bertz CT molecular complexity index is 788. The standard InChI is InChI=1S/C15H16N6/c1-10-3-5-11(6-4-10)13-9-21(17)15(16)14(19-13)12-7-18-20(2)8-12/h3-9,16H,17H2,1-2H3/p+1. The van der Waals surface area contributed by atoms with Gasteiger partial charge in [-0.15, -0.1) is 4.68 Å². The highest BCUT2D eigenvalue weighted by Crippen LogP contribution is 2.24. The van der Waals surface area contributed by atoms with Crippen molar-refractivity contribution in [2.24, 2.45) is 7.05 Å². The zero-order valence-corrected chi connectivity index (χ0v) is 12.0. The summed E-state index contributed by atoms with van der Waals surface area (Å²) in [6, 6.07) is 8.11. The van der Waals surface area contributed by atoms with Gasteiger partial charge < -0.3 is 0 Å². The van der Waals surface area contributed by atoms with Gasteiger partial charge in [-0.25, -0.2) is 4.98 Å². The van der Waals surface area contributed by atoms with Crippen LogP contribution in [0.5, 0.6) is 0 Å². The molecule has 0 aliphatic heterocycles. The topological polar surface area (TPSA) is 86.6 Å². The molecule has 0 saturated carbocycles. The summed E-state index contributed by atoms with van der Waals surface area (Å²) in [5, 5.41) is 4.15. The summed E-state index contributed by atoms with van der Waals surface area (Å²) in [4.78, 5) is 4.64. The van der Waals surface area contributed by atoms with Gasteiger partial charge in [-0.3, -0.25) is 16.3 Å². The predicted octanol–water partition coefficient (Wildman–Crippen LogP) is 1.04. The van der Waals surface area contributed by atoms with Crippen LogP contribution in [0.2, 0.25) is 0 Å². The van der Waals surface area contributed by atoms with Gasteiger partial charge in [-0.05, 0) is 6.92 Å². The number of aryl methyl sites for hydroxylation is 2. The molecule has 0 unspecified atom stereocenters. The molecule has 0 atom stereocenters. The lowest BCUT2D eigenvalue weighted by Gasteiger charge is -2.06. The first kappa shape index (κ1) is 13.1. The number of anilines is 1. The van der Waals surface area contributed by atoms with E-state index in [0.29, 0.717) is 11.5 Å². The molecule has 4 N–H and O–H groups in total.